The number of anilines is 1. The maximum Gasteiger partial charge on any atom is 0.314 e. The number of piperidine rings is 1. The van der Waals surface area contributed by atoms with Crippen molar-refractivity contribution in [3.63, 3.8) is 0 Å². The fourth-order valence-electron chi connectivity index (χ4n) is 3.91. The first kappa shape index (κ1) is 18.7. The van der Waals surface area contributed by atoms with Crippen LogP contribution in [0.1, 0.15) is 12.8 Å². The van der Waals surface area contributed by atoms with E-state index < -0.39 is 4.92 Å². The van der Waals surface area contributed by atoms with Gasteiger partial charge in [-0.15, -0.1) is 0 Å². The molecule has 0 atom stereocenters. The smallest absolute Gasteiger partial charge is 0.314 e. The highest BCUT2D eigenvalue weighted by Gasteiger charge is 2.29. The first-order valence-corrected chi connectivity index (χ1v) is 9.11. The molecule has 0 aliphatic carbocycles. The average Bonchev–Trinajstić information content (AvgIpc) is 2.67. The Morgan fingerprint density at radius 1 is 1.00 bits per heavy atom. The molecule has 2 aliphatic heterocycles. The number of hydrogen-bond donors (Lipinski definition) is 0. The van der Waals surface area contributed by atoms with Crippen molar-refractivity contribution in [2.45, 2.75) is 18.9 Å². The van der Waals surface area contributed by atoms with Gasteiger partial charge in [-0.3, -0.25) is 15.0 Å². The number of hydrogen-bond acceptors (Lipinski definition) is 7. The molecule has 2 heterocycles. The van der Waals surface area contributed by atoms with Gasteiger partial charge in [-0.05, 0) is 19.9 Å². The summed E-state index contributed by atoms with van der Waals surface area (Å²) in [6, 6.07) is 3.80. The Balaban J connectivity index is 1.71. The third-order valence-electron chi connectivity index (χ3n) is 5.54. The number of likely N-dealkylation sites (N-methyl/N-ethyl adjacent to an activating group) is 1. The molecule has 0 unspecified atom stereocenters. The molecule has 0 bridgehead atoms. The van der Waals surface area contributed by atoms with Crippen LogP contribution in [-0.4, -0.2) is 81.3 Å². The number of benzene rings is 1. The Morgan fingerprint density at radius 2 is 1.62 bits per heavy atom. The van der Waals surface area contributed by atoms with Gasteiger partial charge in [0.15, 0.2) is 5.75 Å². The summed E-state index contributed by atoms with van der Waals surface area (Å²) in [5.41, 5.74) is 0.798. The molecule has 0 aromatic heterocycles. The van der Waals surface area contributed by atoms with E-state index in [4.69, 9.17) is 9.47 Å². The van der Waals surface area contributed by atoms with Gasteiger partial charge < -0.3 is 19.3 Å². The van der Waals surface area contributed by atoms with Crippen molar-refractivity contribution in [2.24, 2.45) is 0 Å². The first-order valence-electron chi connectivity index (χ1n) is 9.11. The SMILES string of the molecule is COc1cc([N+](=O)[O-])c(OC)cc1N1CCC(N2CCN(C)CC2)CC1. The van der Waals surface area contributed by atoms with Crippen molar-refractivity contribution in [3.05, 3.63) is 22.2 Å². The maximum absolute atomic E-state index is 11.2. The van der Waals surface area contributed by atoms with E-state index in [2.05, 4.69) is 21.7 Å². The van der Waals surface area contributed by atoms with E-state index in [0.29, 0.717) is 11.8 Å². The summed E-state index contributed by atoms with van der Waals surface area (Å²) < 4.78 is 10.7. The molecule has 1 aromatic rings. The van der Waals surface area contributed by atoms with Gasteiger partial charge in [0, 0.05) is 51.4 Å². The summed E-state index contributed by atoms with van der Waals surface area (Å²) in [7, 11) is 5.18. The Bertz CT molecular complexity index is 638. The third kappa shape index (κ3) is 3.86. The maximum atomic E-state index is 11.2. The van der Waals surface area contributed by atoms with Crippen molar-refractivity contribution >= 4 is 11.4 Å². The monoisotopic (exact) mass is 364 g/mol. The molecule has 0 amide bonds. The minimum Gasteiger partial charge on any atom is -0.494 e. The number of nitro benzene ring substituents is 1. The van der Waals surface area contributed by atoms with Crippen LogP contribution in [0.3, 0.4) is 0 Å². The molecule has 26 heavy (non-hydrogen) atoms. The first-order chi connectivity index (χ1) is 12.5. The van der Waals surface area contributed by atoms with Crippen molar-refractivity contribution in [1.82, 2.24) is 9.80 Å². The quantitative estimate of drug-likeness (QED) is 0.583. The lowest BCUT2D eigenvalue weighted by molar-refractivity contribution is -0.385. The molecule has 2 aliphatic rings. The lowest BCUT2D eigenvalue weighted by atomic mass is 10.0. The molecule has 0 N–H and O–H groups in total. The minimum absolute atomic E-state index is 0.0691. The van der Waals surface area contributed by atoms with E-state index in [0.717, 1.165) is 57.8 Å². The van der Waals surface area contributed by atoms with Gasteiger partial charge in [-0.1, -0.05) is 0 Å². The molecular weight excluding hydrogens is 336 g/mol. The van der Waals surface area contributed by atoms with Crippen LogP contribution < -0.4 is 14.4 Å². The number of nitro groups is 1. The molecule has 0 radical (unpaired) electrons. The number of nitrogens with zero attached hydrogens (tertiary/aromatic N) is 4. The topological polar surface area (TPSA) is 71.3 Å². The van der Waals surface area contributed by atoms with Crippen molar-refractivity contribution in [1.29, 1.82) is 0 Å². The van der Waals surface area contributed by atoms with Crippen LogP contribution in [0.15, 0.2) is 12.1 Å². The minimum atomic E-state index is -0.440. The van der Waals surface area contributed by atoms with Crippen molar-refractivity contribution in [3.8, 4) is 11.5 Å². The van der Waals surface area contributed by atoms with Crippen molar-refractivity contribution in [2.75, 3.05) is 65.4 Å². The Hall–Kier alpha value is -2.06. The highest BCUT2D eigenvalue weighted by molar-refractivity contribution is 5.68. The molecule has 2 fully saturated rings. The Morgan fingerprint density at radius 3 is 2.15 bits per heavy atom. The van der Waals surface area contributed by atoms with E-state index in [9.17, 15) is 10.1 Å². The summed E-state index contributed by atoms with van der Waals surface area (Å²) in [6.45, 7) is 6.36. The van der Waals surface area contributed by atoms with E-state index in [1.54, 1.807) is 13.2 Å². The lowest BCUT2D eigenvalue weighted by Crippen LogP contribution is -2.52. The second-order valence-corrected chi connectivity index (χ2v) is 7.01. The van der Waals surface area contributed by atoms with Gasteiger partial charge in [-0.2, -0.15) is 0 Å². The van der Waals surface area contributed by atoms with Gasteiger partial charge >= 0.3 is 5.69 Å². The fraction of sp³-hybridized carbons (Fsp3) is 0.667. The fourth-order valence-corrected chi connectivity index (χ4v) is 3.91. The molecule has 2 saturated heterocycles. The number of methoxy groups -OCH3 is 2. The zero-order valence-electron chi connectivity index (χ0n) is 15.8. The largest absolute Gasteiger partial charge is 0.494 e. The molecule has 0 saturated carbocycles. The predicted molar refractivity (Wildman–Crippen MR) is 101 cm³/mol. The molecule has 1 aromatic carbocycles. The summed E-state index contributed by atoms with van der Waals surface area (Å²) in [6.07, 6.45) is 2.18. The van der Waals surface area contributed by atoms with Gasteiger partial charge in [0.05, 0.1) is 30.9 Å². The molecule has 8 heteroatoms. The third-order valence-corrected chi connectivity index (χ3v) is 5.54. The highest BCUT2D eigenvalue weighted by Crippen LogP contribution is 2.40. The van der Waals surface area contributed by atoms with Crippen LogP contribution in [0.5, 0.6) is 11.5 Å². The Labute approximate surface area is 154 Å². The summed E-state index contributed by atoms with van der Waals surface area (Å²) >= 11 is 0. The van der Waals surface area contributed by atoms with E-state index in [1.165, 1.54) is 13.2 Å². The summed E-state index contributed by atoms with van der Waals surface area (Å²) in [5.74, 6) is 0.794. The number of rotatable bonds is 5. The van der Waals surface area contributed by atoms with Crippen LogP contribution in [0.4, 0.5) is 11.4 Å². The summed E-state index contributed by atoms with van der Waals surface area (Å²) in [5, 5.41) is 11.2. The summed E-state index contributed by atoms with van der Waals surface area (Å²) in [4.78, 5) is 18.0. The standard InChI is InChI=1S/C18H28N4O4/c1-19-8-10-20(11-9-19)14-4-6-21(7-5-14)15-12-18(26-3)16(22(23)24)13-17(15)25-2/h12-14H,4-11H2,1-3H3. The Kier molecular flexibility index (Phi) is 5.83. The predicted octanol–water partition coefficient (Wildman–Crippen LogP) is 1.83. The molecule has 8 nitrogen and oxygen atoms in total. The van der Waals surface area contributed by atoms with E-state index in [-0.39, 0.29) is 11.4 Å². The second kappa shape index (κ2) is 8.09. The van der Waals surface area contributed by atoms with Gasteiger partial charge in [0.25, 0.3) is 0 Å². The van der Waals surface area contributed by atoms with E-state index in [1.807, 2.05) is 0 Å². The zero-order valence-corrected chi connectivity index (χ0v) is 15.8. The molecule has 0 spiro atoms. The van der Waals surface area contributed by atoms with E-state index >= 15 is 0 Å². The lowest BCUT2D eigenvalue weighted by Gasteiger charge is -2.42. The number of piperazine rings is 1. The number of ether oxygens (including phenoxy) is 2. The molecule has 144 valence electrons. The van der Waals surface area contributed by atoms with Crippen LogP contribution in [0, 0.1) is 10.1 Å². The molecular formula is C18H28N4O4. The van der Waals surface area contributed by atoms with Crippen LogP contribution in [0.25, 0.3) is 0 Å². The normalized spacial score (nSPS) is 20.2. The van der Waals surface area contributed by atoms with Gasteiger partial charge in [-0.25, -0.2) is 0 Å². The second-order valence-electron chi connectivity index (χ2n) is 7.01. The van der Waals surface area contributed by atoms with Gasteiger partial charge in [0.2, 0.25) is 0 Å². The van der Waals surface area contributed by atoms with Crippen LogP contribution in [0.2, 0.25) is 0 Å². The van der Waals surface area contributed by atoms with Gasteiger partial charge in [0.1, 0.15) is 5.75 Å². The zero-order chi connectivity index (χ0) is 18.7. The van der Waals surface area contributed by atoms with Crippen molar-refractivity contribution < 1.29 is 14.4 Å². The van der Waals surface area contributed by atoms with Crippen LogP contribution in [-0.2, 0) is 0 Å². The van der Waals surface area contributed by atoms with Crippen LogP contribution >= 0.6 is 0 Å². The molecule has 3 rings (SSSR count). The average molecular weight is 364 g/mol. The highest BCUT2D eigenvalue weighted by atomic mass is 16.6.